The summed E-state index contributed by atoms with van der Waals surface area (Å²) in [6.07, 6.45) is -0.399. The molecule has 188 valence electrons. The van der Waals surface area contributed by atoms with Crippen molar-refractivity contribution in [1.82, 2.24) is 15.5 Å². The van der Waals surface area contributed by atoms with Gasteiger partial charge in [-0.2, -0.15) is 5.26 Å². The summed E-state index contributed by atoms with van der Waals surface area (Å²) in [5.41, 5.74) is 1.88. The summed E-state index contributed by atoms with van der Waals surface area (Å²) >= 11 is 0. The van der Waals surface area contributed by atoms with Gasteiger partial charge in [0.1, 0.15) is 24.2 Å². The van der Waals surface area contributed by atoms with Crippen LogP contribution in [0.3, 0.4) is 0 Å². The minimum absolute atomic E-state index is 0.0670. The predicted octanol–water partition coefficient (Wildman–Crippen LogP) is 4.16. The standard InChI is InChI=1S/C26H40N4O4/c1-16(2)14-21(29-25(33)34-26(7,8)9)24(32)30(13-12-27)22(23(31)28-17(3)4)20-11-10-18(5)19(6)15-20/h10-11,15-17,21-22H,13-14H2,1-9H3,(H,28,31)(H,29,33). The highest BCUT2D eigenvalue weighted by Crippen LogP contribution is 2.25. The van der Waals surface area contributed by atoms with Crippen LogP contribution in [0.5, 0.6) is 0 Å². The molecule has 0 heterocycles. The van der Waals surface area contributed by atoms with Crippen molar-refractivity contribution in [3.8, 4) is 6.07 Å². The lowest BCUT2D eigenvalue weighted by Crippen LogP contribution is -2.54. The van der Waals surface area contributed by atoms with Crippen LogP contribution in [0, 0.1) is 31.1 Å². The Hall–Kier alpha value is -3.08. The number of carbonyl (C=O) groups is 3. The second-order valence-electron chi connectivity index (χ2n) is 10.4. The molecule has 0 aliphatic carbocycles. The molecule has 3 amide bonds. The first kappa shape index (κ1) is 29.0. The van der Waals surface area contributed by atoms with Gasteiger partial charge in [-0.15, -0.1) is 0 Å². The van der Waals surface area contributed by atoms with Crippen molar-refractivity contribution in [2.24, 2.45) is 5.92 Å². The summed E-state index contributed by atoms with van der Waals surface area (Å²) in [6, 6.07) is 5.42. The van der Waals surface area contributed by atoms with Crippen LogP contribution < -0.4 is 10.6 Å². The minimum Gasteiger partial charge on any atom is -0.444 e. The number of rotatable bonds is 9. The third-order valence-electron chi connectivity index (χ3n) is 5.06. The number of ether oxygens (including phenoxy) is 1. The fraction of sp³-hybridized carbons (Fsp3) is 0.615. The van der Waals surface area contributed by atoms with Crippen LogP contribution in [0.2, 0.25) is 0 Å². The molecule has 1 aromatic carbocycles. The molecule has 2 unspecified atom stereocenters. The normalized spacial score (nSPS) is 13.1. The molecule has 0 aliphatic heterocycles. The summed E-state index contributed by atoms with van der Waals surface area (Å²) < 4.78 is 5.35. The fourth-order valence-electron chi connectivity index (χ4n) is 3.49. The molecule has 0 aliphatic rings. The molecule has 34 heavy (non-hydrogen) atoms. The molecular formula is C26H40N4O4. The molecule has 2 N–H and O–H groups in total. The first-order valence-corrected chi connectivity index (χ1v) is 11.7. The average molecular weight is 473 g/mol. The second-order valence-corrected chi connectivity index (χ2v) is 10.4. The number of alkyl carbamates (subject to hydrolysis) is 1. The Morgan fingerprint density at radius 2 is 1.68 bits per heavy atom. The topological polar surface area (TPSA) is 112 Å². The molecule has 0 fully saturated rings. The van der Waals surface area contributed by atoms with Crippen molar-refractivity contribution < 1.29 is 19.1 Å². The van der Waals surface area contributed by atoms with Crippen molar-refractivity contribution in [2.75, 3.05) is 6.54 Å². The number of aryl methyl sites for hydroxylation is 2. The molecule has 0 saturated carbocycles. The molecule has 0 radical (unpaired) electrons. The summed E-state index contributed by atoms with van der Waals surface area (Å²) in [5.74, 6) is -0.831. The lowest BCUT2D eigenvalue weighted by molar-refractivity contribution is -0.142. The molecule has 8 nitrogen and oxygen atoms in total. The summed E-state index contributed by atoms with van der Waals surface area (Å²) in [5, 5.41) is 15.1. The maximum absolute atomic E-state index is 13.8. The quantitative estimate of drug-likeness (QED) is 0.524. The molecule has 2 atom stereocenters. The van der Waals surface area contributed by atoms with Crippen LogP contribution in [-0.4, -0.2) is 47.0 Å². The molecule has 8 heteroatoms. The third-order valence-corrected chi connectivity index (χ3v) is 5.06. The number of hydrogen-bond donors (Lipinski definition) is 2. The maximum Gasteiger partial charge on any atom is 0.408 e. The first-order valence-electron chi connectivity index (χ1n) is 11.7. The average Bonchev–Trinajstić information content (AvgIpc) is 2.66. The Morgan fingerprint density at radius 3 is 2.15 bits per heavy atom. The van der Waals surface area contributed by atoms with Crippen LogP contribution in [0.4, 0.5) is 4.79 Å². The van der Waals surface area contributed by atoms with Crippen LogP contribution in [0.25, 0.3) is 0 Å². The van der Waals surface area contributed by atoms with Gasteiger partial charge in [-0.3, -0.25) is 9.59 Å². The Labute approximate surface area is 204 Å². The van der Waals surface area contributed by atoms with Gasteiger partial charge in [0.25, 0.3) is 0 Å². The number of nitrogens with one attached hydrogen (secondary N) is 2. The van der Waals surface area contributed by atoms with Gasteiger partial charge in [0.05, 0.1) is 6.07 Å². The van der Waals surface area contributed by atoms with Gasteiger partial charge in [-0.05, 0) is 77.5 Å². The van der Waals surface area contributed by atoms with Crippen LogP contribution in [0.1, 0.15) is 77.6 Å². The molecule has 0 spiro atoms. The second kappa shape index (κ2) is 12.4. The summed E-state index contributed by atoms with van der Waals surface area (Å²) in [7, 11) is 0. The lowest BCUT2D eigenvalue weighted by atomic mass is 9.97. The monoisotopic (exact) mass is 472 g/mol. The van der Waals surface area contributed by atoms with Crippen molar-refractivity contribution in [1.29, 1.82) is 5.26 Å². The van der Waals surface area contributed by atoms with E-state index in [1.807, 2.05) is 59.7 Å². The van der Waals surface area contributed by atoms with Gasteiger partial charge in [-0.1, -0.05) is 32.0 Å². The number of amides is 3. The third kappa shape index (κ3) is 9.05. The van der Waals surface area contributed by atoms with E-state index in [-0.39, 0.29) is 24.4 Å². The van der Waals surface area contributed by atoms with Gasteiger partial charge in [-0.25, -0.2) is 4.79 Å². The Morgan fingerprint density at radius 1 is 1.06 bits per heavy atom. The molecule has 1 rings (SSSR count). The lowest BCUT2D eigenvalue weighted by Gasteiger charge is -2.34. The van der Waals surface area contributed by atoms with E-state index in [9.17, 15) is 19.6 Å². The molecule has 0 bridgehead atoms. The summed E-state index contributed by atoms with van der Waals surface area (Å²) in [4.78, 5) is 40.8. The van der Waals surface area contributed by atoms with Crippen molar-refractivity contribution in [3.05, 3.63) is 34.9 Å². The van der Waals surface area contributed by atoms with Crippen molar-refractivity contribution in [3.63, 3.8) is 0 Å². The first-order chi connectivity index (χ1) is 15.7. The van der Waals surface area contributed by atoms with Crippen LogP contribution in [-0.2, 0) is 14.3 Å². The predicted molar refractivity (Wildman–Crippen MR) is 132 cm³/mol. The smallest absolute Gasteiger partial charge is 0.408 e. The van der Waals surface area contributed by atoms with E-state index in [0.29, 0.717) is 12.0 Å². The Kier molecular flexibility index (Phi) is 10.6. The zero-order valence-electron chi connectivity index (χ0n) is 22.0. The highest BCUT2D eigenvalue weighted by molar-refractivity contribution is 5.92. The van der Waals surface area contributed by atoms with Crippen LogP contribution in [0.15, 0.2) is 18.2 Å². The number of nitriles is 1. The molecule has 0 aromatic heterocycles. The minimum atomic E-state index is -1.02. The molecule has 1 aromatic rings. The SMILES string of the molecule is Cc1ccc(C(C(=O)NC(C)C)N(CC#N)C(=O)C(CC(C)C)NC(=O)OC(C)(C)C)cc1C. The Bertz CT molecular complexity index is 912. The van der Waals surface area contributed by atoms with Gasteiger partial charge < -0.3 is 20.3 Å². The van der Waals surface area contributed by atoms with Crippen LogP contribution >= 0.6 is 0 Å². The van der Waals surface area contributed by atoms with Gasteiger partial charge in [0, 0.05) is 6.04 Å². The zero-order valence-corrected chi connectivity index (χ0v) is 22.0. The maximum atomic E-state index is 13.8. The van der Waals surface area contributed by atoms with Crippen molar-refractivity contribution >= 4 is 17.9 Å². The zero-order chi connectivity index (χ0) is 26.2. The van der Waals surface area contributed by atoms with E-state index in [1.54, 1.807) is 26.8 Å². The molecule has 0 saturated heterocycles. The van der Waals surface area contributed by atoms with Gasteiger partial charge in [0.2, 0.25) is 11.8 Å². The van der Waals surface area contributed by atoms with E-state index >= 15 is 0 Å². The van der Waals surface area contributed by atoms with E-state index in [1.165, 1.54) is 4.90 Å². The summed E-state index contributed by atoms with van der Waals surface area (Å²) in [6.45, 7) is 16.3. The van der Waals surface area contributed by atoms with Gasteiger partial charge >= 0.3 is 6.09 Å². The van der Waals surface area contributed by atoms with E-state index in [0.717, 1.165) is 11.1 Å². The van der Waals surface area contributed by atoms with Crippen molar-refractivity contribution in [2.45, 2.75) is 92.5 Å². The number of benzene rings is 1. The Balaban J connectivity index is 3.47. The fourth-order valence-corrected chi connectivity index (χ4v) is 3.49. The number of nitrogens with zero attached hydrogens (tertiary/aromatic N) is 2. The van der Waals surface area contributed by atoms with E-state index < -0.39 is 29.7 Å². The number of carbonyl (C=O) groups excluding carboxylic acids is 3. The number of hydrogen-bond acceptors (Lipinski definition) is 5. The largest absolute Gasteiger partial charge is 0.444 e. The van der Waals surface area contributed by atoms with E-state index in [4.69, 9.17) is 4.74 Å². The highest BCUT2D eigenvalue weighted by atomic mass is 16.6. The molecular weight excluding hydrogens is 432 g/mol. The van der Waals surface area contributed by atoms with Gasteiger partial charge in [0.15, 0.2) is 0 Å². The highest BCUT2D eigenvalue weighted by Gasteiger charge is 2.36. The van der Waals surface area contributed by atoms with E-state index in [2.05, 4.69) is 10.6 Å².